The Hall–Kier alpha value is -1.42. The molecule has 0 radical (unpaired) electrons. The molecule has 1 heterocycles. The van der Waals surface area contributed by atoms with Crippen molar-refractivity contribution in [2.24, 2.45) is 0 Å². The van der Waals surface area contributed by atoms with Gasteiger partial charge >= 0.3 is 0 Å². The van der Waals surface area contributed by atoms with E-state index in [4.69, 9.17) is 10.5 Å². The van der Waals surface area contributed by atoms with Crippen molar-refractivity contribution in [1.29, 1.82) is 0 Å². The van der Waals surface area contributed by atoms with E-state index < -0.39 is 0 Å². The van der Waals surface area contributed by atoms with Gasteiger partial charge < -0.3 is 20.3 Å². The molecule has 4 nitrogen and oxygen atoms in total. The molecule has 2 N–H and O–H groups in total. The zero-order valence-corrected chi connectivity index (χ0v) is 11.5. The number of piperazine rings is 1. The summed E-state index contributed by atoms with van der Waals surface area (Å²) < 4.78 is 5.74. The third-order valence-corrected chi connectivity index (χ3v) is 3.25. The summed E-state index contributed by atoms with van der Waals surface area (Å²) in [5, 5.41) is 0. The summed E-state index contributed by atoms with van der Waals surface area (Å²) in [6.07, 6.45) is 0.148. The topological polar surface area (TPSA) is 41.7 Å². The van der Waals surface area contributed by atoms with Crippen LogP contribution in [0.15, 0.2) is 18.2 Å². The van der Waals surface area contributed by atoms with Crippen molar-refractivity contribution in [3.05, 3.63) is 18.2 Å². The summed E-state index contributed by atoms with van der Waals surface area (Å²) in [6.45, 7) is 8.23. The standard InChI is InChI=1S/C14H23N3O/c1-11(2)18-13-6-4-5-12(14(13)15)17-9-7-16(3)8-10-17/h4-6,11H,7-10,15H2,1-3H3. The zero-order valence-electron chi connectivity index (χ0n) is 11.5. The molecular weight excluding hydrogens is 226 g/mol. The van der Waals surface area contributed by atoms with Crippen LogP contribution in [0.4, 0.5) is 11.4 Å². The average Bonchev–Trinajstić information content (AvgIpc) is 2.33. The van der Waals surface area contributed by atoms with Crippen LogP contribution in [-0.2, 0) is 0 Å². The maximum absolute atomic E-state index is 6.22. The molecule has 0 bridgehead atoms. The highest BCUT2D eigenvalue weighted by molar-refractivity contribution is 5.74. The minimum atomic E-state index is 0.148. The normalized spacial score (nSPS) is 17.2. The summed E-state index contributed by atoms with van der Waals surface area (Å²) in [6, 6.07) is 6.03. The van der Waals surface area contributed by atoms with Gasteiger partial charge in [-0.15, -0.1) is 0 Å². The lowest BCUT2D eigenvalue weighted by molar-refractivity contribution is 0.244. The number of nitrogens with two attached hydrogens (primary N) is 1. The molecule has 4 heteroatoms. The van der Waals surface area contributed by atoms with E-state index in [1.54, 1.807) is 0 Å². The van der Waals surface area contributed by atoms with Crippen LogP contribution in [0.25, 0.3) is 0 Å². The number of rotatable bonds is 3. The van der Waals surface area contributed by atoms with E-state index in [0.717, 1.165) is 43.3 Å². The molecule has 1 aliphatic heterocycles. The number of nitrogen functional groups attached to an aromatic ring is 1. The Bertz CT molecular complexity index is 398. The summed E-state index contributed by atoms with van der Waals surface area (Å²) in [4.78, 5) is 4.67. The molecule has 18 heavy (non-hydrogen) atoms. The fourth-order valence-electron chi connectivity index (χ4n) is 2.21. The Labute approximate surface area is 109 Å². The average molecular weight is 249 g/mol. The van der Waals surface area contributed by atoms with E-state index >= 15 is 0 Å². The van der Waals surface area contributed by atoms with Gasteiger partial charge in [-0.1, -0.05) is 6.07 Å². The van der Waals surface area contributed by atoms with Crippen molar-refractivity contribution < 1.29 is 4.74 Å². The lowest BCUT2D eigenvalue weighted by Crippen LogP contribution is -2.44. The molecule has 0 saturated carbocycles. The molecule has 1 aliphatic rings. The first-order valence-corrected chi connectivity index (χ1v) is 6.56. The second-order valence-electron chi connectivity index (χ2n) is 5.15. The van der Waals surface area contributed by atoms with Gasteiger partial charge in [-0.25, -0.2) is 0 Å². The molecule has 0 unspecified atom stereocenters. The van der Waals surface area contributed by atoms with Crippen molar-refractivity contribution in [3.8, 4) is 5.75 Å². The molecule has 0 spiro atoms. The number of ether oxygens (including phenoxy) is 1. The Morgan fingerprint density at radius 2 is 1.83 bits per heavy atom. The second-order valence-corrected chi connectivity index (χ2v) is 5.15. The number of likely N-dealkylation sites (N-methyl/N-ethyl adjacent to an activating group) is 1. The maximum atomic E-state index is 6.22. The van der Waals surface area contributed by atoms with Gasteiger partial charge in [-0.2, -0.15) is 0 Å². The van der Waals surface area contributed by atoms with E-state index in [-0.39, 0.29) is 6.10 Å². The first-order valence-electron chi connectivity index (χ1n) is 6.56. The van der Waals surface area contributed by atoms with Crippen LogP contribution in [-0.4, -0.2) is 44.2 Å². The van der Waals surface area contributed by atoms with Gasteiger partial charge in [0.2, 0.25) is 0 Å². The lowest BCUT2D eigenvalue weighted by atomic mass is 10.2. The zero-order chi connectivity index (χ0) is 13.1. The second kappa shape index (κ2) is 5.48. The molecule has 100 valence electrons. The van der Waals surface area contributed by atoms with Gasteiger partial charge in [0.1, 0.15) is 5.75 Å². The van der Waals surface area contributed by atoms with Crippen molar-refractivity contribution in [2.75, 3.05) is 43.9 Å². The summed E-state index contributed by atoms with van der Waals surface area (Å²) in [5.41, 5.74) is 8.08. The Morgan fingerprint density at radius 3 is 2.44 bits per heavy atom. The van der Waals surface area contributed by atoms with Crippen LogP contribution in [0.3, 0.4) is 0 Å². The van der Waals surface area contributed by atoms with E-state index in [1.807, 2.05) is 26.0 Å². The van der Waals surface area contributed by atoms with Crippen LogP contribution in [0, 0.1) is 0 Å². The van der Waals surface area contributed by atoms with Crippen molar-refractivity contribution in [1.82, 2.24) is 4.90 Å². The van der Waals surface area contributed by atoms with Crippen LogP contribution < -0.4 is 15.4 Å². The minimum Gasteiger partial charge on any atom is -0.489 e. The predicted octanol–water partition coefficient (Wildman–Crippen LogP) is 1.81. The third-order valence-electron chi connectivity index (χ3n) is 3.25. The van der Waals surface area contributed by atoms with E-state index in [9.17, 15) is 0 Å². The van der Waals surface area contributed by atoms with Crippen LogP contribution >= 0.6 is 0 Å². The lowest BCUT2D eigenvalue weighted by Gasteiger charge is -2.35. The number of benzene rings is 1. The van der Waals surface area contributed by atoms with E-state index in [1.165, 1.54) is 0 Å². The van der Waals surface area contributed by atoms with E-state index in [2.05, 4.69) is 22.9 Å². The molecular formula is C14H23N3O. The van der Waals surface area contributed by atoms with Gasteiger partial charge in [0, 0.05) is 26.2 Å². The van der Waals surface area contributed by atoms with Gasteiger partial charge in [0.05, 0.1) is 17.5 Å². The molecule has 0 aromatic heterocycles. The van der Waals surface area contributed by atoms with Gasteiger partial charge in [0.15, 0.2) is 0 Å². The Balaban J connectivity index is 2.17. The summed E-state index contributed by atoms with van der Waals surface area (Å²) >= 11 is 0. The third kappa shape index (κ3) is 2.88. The Morgan fingerprint density at radius 1 is 1.17 bits per heavy atom. The summed E-state index contributed by atoms with van der Waals surface area (Å²) in [7, 11) is 2.15. The smallest absolute Gasteiger partial charge is 0.144 e. The first kappa shape index (κ1) is 13.0. The SMILES string of the molecule is CC(C)Oc1cccc(N2CCN(C)CC2)c1N. The number of anilines is 2. The summed E-state index contributed by atoms with van der Waals surface area (Å²) in [5.74, 6) is 0.793. The van der Waals surface area contributed by atoms with Gasteiger partial charge in [0.25, 0.3) is 0 Å². The number of para-hydroxylation sites is 1. The fraction of sp³-hybridized carbons (Fsp3) is 0.571. The highest BCUT2D eigenvalue weighted by Crippen LogP contribution is 2.33. The fourth-order valence-corrected chi connectivity index (χ4v) is 2.21. The van der Waals surface area contributed by atoms with Crippen LogP contribution in [0.2, 0.25) is 0 Å². The highest BCUT2D eigenvalue weighted by atomic mass is 16.5. The van der Waals surface area contributed by atoms with E-state index in [0.29, 0.717) is 0 Å². The predicted molar refractivity (Wildman–Crippen MR) is 76.3 cm³/mol. The molecule has 1 aromatic rings. The van der Waals surface area contributed by atoms with Gasteiger partial charge in [-0.05, 0) is 33.0 Å². The molecule has 2 rings (SSSR count). The maximum Gasteiger partial charge on any atom is 0.144 e. The van der Waals surface area contributed by atoms with Crippen LogP contribution in [0.1, 0.15) is 13.8 Å². The Kier molecular flexibility index (Phi) is 3.97. The molecule has 0 aliphatic carbocycles. The number of nitrogens with zero attached hydrogens (tertiary/aromatic N) is 2. The monoisotopic (exact) mass is 249 g/mol. The molecule has 1 aromatic carbocycles. The molecule has 0 atom stereocenters. The largest absolute Gasteiger partial charge is 0.489 e. The molecule has 1 saturated heterocycles. The minimum absolute atomic E-state index is 0.148. The van der Waals surface area contributed by atoms with Crippen molar-refractivity contribution in [2.45, 2.75) is 20.0 Å². The molecule has 0 amide bonds. The first-order chi connectivity index (χ1) is 8.58. The molecule has 1 fully saturated rings. The number of hydrogen-bond acceptors (Lipinski definition) is 4. The number of hydrogen-bond donors (Lipinski definition) is 1. The van der Waals surface area contributed by atoms with Gasteiger partial charge in [-0.3, -0.25) is 0 Å². The van der Waals surface area contributed by atoms with Crippen molar-refractivity contribution in [3.63, 3.8) is 0 Å². The van der Waals surface area contributed by atoms with Crippen LogP contribution in [0.5, 0.6) is 5.75 Å². The quantitative estimate of drug-likeness (QED) is 0.830. The van der Waals surface area contributed by atoms with Crippen molar-refractivity contribution >= 4 is 11.4 Å². The highest BCUT2D eigenvalue weighted by Gasteiger charge is 2.18.